The van der Waals surface area contributed by atoms with Crippen molar-refractivity contribution in [3.63, 3.8) is 0 Å². The molecule has 1 aliphatic heterocycles. The van der Waals surface area contributed by atoms with E-state index in [0.717, 1.165) is 5.56 Å². The number of rotatable bonds is 4. The van der Waals surface area contributed by atoms with E-state index in [4.69, 9.17) is 14.4 Å². The molecule has 0 aliphatic carbocycles. The SMILES string of the molecule is O=C(O)C1CN(C(=O)Cc2cc(-c3ccccc3)on2)CCO1. The van der Waals surface area contributed by atoms with Gasteiger partial charge in [-0.2, -0.15) is 0 Å². The van der Waals surface area contributed by atoms with Gasteiger partial charge >= 0.3 is 5.97 Å². The highest BCUT2D eigenvalue weighted by molar-refractivity contribution is 5.80. The van der Waals surface area contributed by atoms with Gasteiger partial charge in [-0.05, 0) is 0 Å². The fraction of sp³-hybridized carbons (Fsp3) is 0.312. The molecule has 7 nitrogen and oxygen atoms in total. The number of hydrogen-bond donors (Lipinski definition) is 1. The zero-order chi connectivity index (χ0) is 16.2. The van der Waals surface area contributed by atoms with Crippen LogP contribution >= 0.6 is 0 Å². The van der Waals surface area contributed by atoms with Gasteiger partial charge in [-0.3, -0.25) is 4.79 Å². The molecule has 2 heterocycles. The van der Waals surface area contributed by atoms with E-state index in [9.17, 15) is 9.59 Å². The van der Waals surface area contributed by atoms with E-state index in [1.54, 1.807) is 6.07 Å². The number of amides is 1. The van der Waals surface area contributed by atoms with Crippen LogP contribution in [0.5, 0.6) is 0 Å². The van der Waals surface area contributed by atoms with Crippen molar-refractivity contribution in [2.75, 3.05) is 19.7 Å². The maximum atomic E-state index is 12.3. The topological polar surface area (TPSA) is 92.9 Å². The largest absolute Gasteiger partial charge is 0.479 e. The highest BCUT2D eigenvalue weighted by atomic mass is 16.5. The lowest BCUT2D eigenvalue weighted by atomic mass is 10.1. The van der Waals surface area contributed by atoms with Crippen LogP contribution < -0.4 is 0 Å². The number of ether oxygens (including phenoxy) is 1. The van der Waals surface area contributed by atoms with Crippen LogP contribution in [0.4, 0.5) is 0 Å². The van der Waals surface area contributed by atoms with Crippen LogP contribution in [0.1, 0.15) is 5.69 Å². The van der Waals surface area contributed by atoms with Gasteiger partial charge in [0.2, 0.25) is 5.91 Å². The maximum Gasteiger partial charge on any atom is 0.334 e. The Balaban J connectivity index is 1.64. The van der Waals surface area contributed by atoms with Crippen LogP contribution in [0.3, 0.4) is 0 Å². The van der Waals surface area contributed by atoms with Gasteiger partial charge in [0.25, 0.3) is 0 Å². The fourth-order valence-corrected chi connectivity index (χ4v) is 2.43. The molecule has 1 aromatic carbocycles. The number of aliphatic carboxylic acids is 1. The van der Waals surface area contributed by atoms with Gasteiger partial charge in [-0.25, -0.2) is 4.79 Å². The average Bonchev–Trinajstić information content (AvgIpc) is 3.04. The molecule has 1 aromatic heterocycles. The van der Waals surface area contributed by atoms with Crippen molar-refractivity contribution >= 4 is 11.9 Å². The van der Waals surface area contributed by atoms with Crippen molar-refractivity contribution in [1.82, 2.24) is 10.1 Å². The Bertz CT molecular complexity index is 698. The van der Waals surface area contributed by atoms with E-state index in [2.05, 4.69) is 5.16 Å². The van der Waals surface area contributed by atoms with Crippen LogP contribution in [-0.2, 0) is 20.7 Å². The van der Waals surface area contributed by atoms with Gasteiger partial charge in [0.1, 0.15) is 0 Å². The number of carboxylic acid groups (broad SMARTS) is 1. The predicted molar refractivity (Wildman–Crippen MR) is 79.6 cm³/mol. The summed E-state index contributed by atoms with van der Waals surface area (Å²) in [6.45, 7) is 0.653. The second-order valence-corrected chi connectivity index (χ2v) is 5.26. The molecule has 1 unspecified atom stereocenters. The smallest absolute Gasteiger partial charge is 0.334 e. The molecule has 0 saturated carbocycles. The lowest BCUT2D eigenvalue weighted by Gasteiger charge is -2.30. The zero-order valence-electron chi connectivity index (χ0n) is 12.3. The number of aromatic nitrogens is 1. The zero-order valence-corrected chi connectivity index (χ0v) is 12.3. The van der Waals surface area contributed by atoms with E-state index in [1.807, 2.05) is 30.3 Å². The number of nitrogens with zero attached hydrogens (tertiary/aromatic N) is 2. The number of hydrogen-bond acceptors (Lipinski definition) is 5. The molecule has 0 spiro atoms. The molecule has 23 heavy (non-hydrogen) atoms. The molecule has 1 N–H and O–H groups in total. The second-order valence-electron chi connectivity index (χ2n) is 5.26. The van der Waals surface area contributed by atoms with Crippen molar-refractivity contribution in [2.45, 2.75) is 12.5 Å². The summed E-state index contributed by atoms with van der Waals surface area (Å²) in [5.41, 5.74) is 1.41. The molecular formula is C16H16N2O5. The Morgan fingerprint density at radius 3 is 2.83 bits per heavy atom. The number of carbonyl (C=O) groups excluding carboxylic acids is 1. The van der Waals surface area contributed by atoms with E-state index >= 15 is 0 Å². The Morgan fingerprint density at radius 1 is 1.30 bits per heavy atom. The average molecular weight is 316 g/mol. The molecule has 0 radical (unpaired) electrons. The van der Waals surface area contributed by atoms with Crippen molar-refractivity contribution < 1.29 is 24.0 Å². The lowest BCUT2D eigenvalue weighted by Crippen LogP contribution is -2.49. The first-order chi connectivity index (χ1) is 11.1. The summed E-state index contributed by atoms with van der Waals surface area (Å²) in [4.78, 5) is 24.7. The summed E-state index contributed by atoms with van der Waals surface area (Å²) in [6, 6.07) is 11.2. The van der Waals surface area contributed by atoms with E-state index < -0.39 is 12.1 Å². The van der Waals surface area contributed by atoms with Gasteiger partial charge in [0.15, 0.2) is 11.9 Å². The third-order valence-electron chi connectivity index (χ3n) is 3.64. The van der Waals surface area contributed by atoms with E-state index in [0.29, 0.717) is 18.0 Å². The quantitative estimate of drug-likeness (QED) is 0.911. The first-order valence-corrected chi connectivity index (χ1v) is 7.26. The summed E-state index contributed by atoms with van der Waals surface area (Å²) in [5, 5.41) is 12.9. The van der Waals surface area contributed by atoms with Crippen LogP contribution in [0.25, 0.3) is 11.3 Å². The Hall–Kier alpha value is -2.67. The molecule has 0 bridgehead atoms. The third-order valence-corrected chi connectivity index (χ3v) is 3.64. The summed E-state index contributed by atoms with van der Waals surface area (Å²) in [7, 11) is 0. The van der Waals surface area contributed by atoms with Crippen LogP contribution in [0, 0.1) is 0 Å². The van der Waals surface area contributed by atoms with E-state index in [1.165, 1.54) is 4.90 Å². The number of carbonyl (C=O) groups is 2. The minimum absolute atomic E-state index is 0.0531. The van der Waals surface area contributed by atoms with Gasteiger partial charge in [0, 0.05) is 18.2 Å². The molecule has 1 amide bonds. The van der Waals surface area contributed by atoms with Gasteiger partial charge < -0.3 is 19.3 Å². The van der Waals surface area contributed by atoms with Crippen LogP contribution in [0.2, 0.25) is 0 Å². The molecule has 1 saturated heterocycles. The van der Waals surface area contributed by atoms with Gasteiger partial charge in [0.05, 0.1) is 25.3 Å². The minimum atomic E-state index is -1.06. The number of benzene rings is 1. The molecule has 1 aliphatic rings. The highest BCUT2D eigenvalue weighted by Gasteiger charge is 2.29. The molecule has 2 aromatic rings. The fourth-order valence-electron chi connectivity index (χ4n) is 2.43. The minimum Gasteiger partial charge on any atom is -0.479 e. The normalized spacial score (nSPS) is 17.9. The van der Waals surface area contributed by atoms with Crippen LogP contribution in [0.15, 0.2) is 40.9 Å². The van der Waals surface area contributed by atoms with Gasteiger partial charge in [-0.1, -0.05) is 35.5 Å². The Morgan fingerprint density at radius 2 is 2.09 bits per heavy atom. The highest BCUT2D eigenvalue weighted by Crippen LogP contribution is 2.20. The number of carboxylic acids is 1. The molecule has 120 valence electrons. The van der Waals surface area contributed by atoms with Crippen molar-refractivity contribution in [3.05, 3.63) is 42.1 Å². The van der Waals surface area contributed by atoms with Crippen molar-refractivity contribution in [3.8, 4) is 11.3 Å². The van der Waals surface area contributed by atoms with E-state index in [-0.39, 0.29) is 25.5 Å². The molecule has 1 fully saturated rings. The summed E-state index contributed by atoms with van der Waals surface area (Å²) < 4.78 is 10.4. The molecular weight excluding hydrogens is 300 g/mol. The van der Waals surface area contributed by atoms with Crippen molar-refractivity contribution in [1.29, 1.82) is 0 Å². The number of morpholine rings is 1. The second kappa shape index (κ2) is 6.62. The summed E-state index contributed by atoms with van der Waals surface area (Å²) >= 11 is 0. The Kier molecular flexibility index (Phi) is 4.38. The molecule has 1 atom stereocenters. The molecule has 7 heteroatoms. The van der Waals surface area contributed by atoms with Crippen molar-refractivity contribution in [2.24, 2.45) is 0 Å². The third kappa shape index (κ3) is 3.57. The monoisotopic (exact) mass is 316 g/mol. The summed E-state index contributed by atoms with van der Waals surface area (Å²) in [6.07, 6.45) is -0.896. The standard InChI is InChI=1S/C16H16N2O5/c19-15(18-6-7-22-14(10-18)16(20)21)9-12-8-13(23-17-12)11-4-2-1-3-5-11/h1-5,8,14H,6-7,9-10H2,(H,20,21). The summed E-state index contributed by atoms with van der Waals surface area (Å²) in [5.74, 6) is -0.651. The van der Waals surface area contributed by atoms with Gasteiger partial charge in [-0.15, -0.1) is 0 Å². The molecule has 3 rings (SSSR count). The first kappa shape index (κ1) is 15.2. The first-order valence-electron chi connectivity index (χ1n) is 7.26. The van der Waals surface area contributed by atoms with Crippen LogP contribution in [-0.4, -0.2) is 52.8 Å². The maximum absolute atomic E-state index is 12.3. The lowest BCUT2D eigenvalue weighted by molar-refractivity contribution is -0.159. The Labute approximate surface area is 132 Å². The predicted octanol–water partition coefficient (Wildman–Crippen LogP) is 1.20.